The lowest BCUT2D eigenvalue weighted by Crippen LogP contribution is -2.24. The molecule has 3 atom stereocenters. The second-order valence-corrected chi connectivity index (χ2v) is 6.99. The third-order valence-electron chi connectivity index (χ3n) is 4.92. The van der Waals surface area contributed by atoms with Crippen LogP contribution in [0.2, 0.25) is 0 Å². The standard InChI is InChI=1S/C24H25F2NO3/c25-19-6-1-16(2-7-19)23(30)14-5-18(15-28)24(17-3-12-22(29)13-4-17)27-21-10-8-20(26)9-11-21/h1-4,6-13,18,23-24,27-30H,5,14-15H2/t18-,23-,24+/m0/s1/i8D,9D,10D,11D. The van der Waals surface area contributed by atoms with Crippen molar-refractivity contribution in [3.63, 3.8) is 0 Å². The number of aliphatic hydroxyl groups is 2. The number of hydrogen-bond donors (Lipinski definition) is 4. The number of nitrogens with one attached hydrogen (secondary N) is 1. The number of phenolic OH excluding ortho intramolecular Hbond substituents is 1. The lowest BCUT2D eigenvalue weighted by Gasteiger charge is -2.29. The van der Waals surface area contributed by atoms with Gasteiger partial charge in [-0.3, -0.25) is 0 Å². The van der Waals surface area contributed by atoms with Crippen LogP contribution in [0.15, 0.2) is 72.7 Å². The lowest BCUT2D eigenvalue weighted by atomic mass is 9.87. The Morgan fingerprint density at radius 2 is 1.43 bits per heavy atom. The molecule has 3 aromatic carbocycles. The van der Waals surface area contributed by atoms with Gasteiger partial charge in [-0.1, -0.05) is 24.3 Å². The molecule has 0 saturated carbocycles. The summed E-state index contributed by atoms with van der Waals surface area (Å²) < 4.78 is 58.9. The second kappa shape index (κ2) is 10.2. The van der Waals surface area contributed by atoms with Crippen molar-refractivity contribution in [2.45, 2.75) is 25.0 Å². The summed E-state index contributed by atoms with van der Waals surface area (Å²) in [5.74, 6) is -2.27. The molecular weight excluding hydrogens is 388 g/mol. The maximum absolute atomic E-state index is 14.0. The molecule has 0 aromatic heterocycles. The molecule has 0 unspecified atom stereocenters. The smallest absolute Gasteiger partial charge is 0.123 e. The summed E-state index contributed by atoms with van der Waals surface area (Å²) in [4.78, 5) is 0. The first-order valence-electron chi connectivity index (χ1n) is 11.5. The molecule has 0 aliphatic carbocycles. The van der Waals surface area contributed by atoms with E-state index in [1.54, 1.807) is 12.1 Å². The highest BCUT2D eigenvalue weighted by molar-refractivity contribution is 5.46. The predicted molar refractivity (Wildman–Crippen MR) is 112 cm³/mol. The lowest BCUT2D eigenvalue weighted by molar-refractivity contribution is 0.136. The second-order valence-electron chi connectivity index (χ2n) is 6.99. The van der Waals surface area contributed by atoms with Crippen molar-refractivity contribution in [1.82, 2.24) is 0 Å². The number of anilines is 1. The number of hydrogen-bond acceptors (Lipinski definition) is 4. The molecule has 0 aliphatic rings. The monoisotopic (exact) mass is 417 g/mol. The summed E-state index contributed by atoms with van der Waals surface area (Å²) in [5.41, 5.74) is 0.840. The summed E-state index contributed by atoms with van der Waals surface area (Å²) in [6.07, 6.45) is -0.471. The number of aromatic hydroxyl groups is 1. The fraction of sp³-hybridized carbons (Fsp3) is 0.250. The third-order valence-corrected chi connectivity index (χ3v) is 4.92. The minimum Gasteiger partial charge on any atom is -0.508 e. The fourth-order valence-electron chi connectivity index (χ4n) is 3.27. The Morgan fingerprint density at radius 1 is 0.833 bits per heavy atom. The highest BCUT2D eigenvalue weighted by Gasteiger charge is 2.24. The van der Waals surface area contributed by atoms with E-state index in [4.69, 9.17) is 5.48 Å². The van der Waals surface area contributed by atoms with E-state index < -0.39 is 53.9 Å². The Kier molecular flexibility index (Phi) is 5.70. The van der Waals surface area contributed by atoms with Gasteiger partial charge in [0.15, 0.2) is 0 Å². The first-order chi connectivity index (χ1) is 16.1. The van der Waals surface area contributed by atoms with Gasteiger partial charge in [-0.25, -0.2) is 8.78 Å². The van der Waals surface area contributed by atoms with E-state index in [1.807, 2.05) is 0 Å². The van der Waals surface area contributed by atoms with Gasteiger partial charge in [0.25, 0.3) is 0 Å². The van der Waals surface area contributed by atoms with Crippen LogP contribution in [0.1, 0.15) is 41.6 Å². The van der Waals surface area contributed by atoms with E-state index in [2.05, 4.69) is 5.32 Å². The van der Waals surface area contributed by atoms with Crippen LogP contribution in [-0.4, -0.2) is 21.9 Å². The maximum atomic E-state index is 14.0. The van der Waals surface area contributed by atoms with Crippen LogP contribution in [0.5, 0.6) is 5.75 Å². The molecular formula is C24H25F2NO3. The van der Waals surface area contributed by atoms with Gasteiger partial charge in [0, 0.05) is 18.2 Å². The van der Waals surface area contributed by atoms with Crippen LogP contribution in [-0.2, 0) is 0 Å². The molecule has 0 radical (unpaired) electrons. The molecule has 3 aromatic rings. The Bertz CT molecular complexity index is 1100. The highest BCUT2D eigenvalue weighted by atomic mass is 19.1. The summed E-state index contributed by atoms with van der Waals surface area (Å²) in [7, 11) is 0. The predicted octanol–water partition coefficient (Wildman–Crippen LogP) is 4.95. The molecule has 0 fully saturated rings. The molecule has 6 heteroatoms. The number of benzene rings is 3. The quantitative estimate of drug-likeness (QED) is 0.398. The minimum atomic E-state index is -1.26. The summed E-state index contributed by atoms with van der Waals surface area (Å²) >= 11 is 0. The topological polar surface area (TPSA) is 72.7 Å². The Morgan fingerprint density at radius 3 is 2.03 bits per heavy atom. The van der Waals surface area contributed by atoms with E-state index in [-0.39, 0.29) is 30.9 Å². The average molecular weight is 417 g/mol. The zero-order chi connectivity index (χ0) is 25.0. The van der Waals surface area contributed by atoms with Gasteiger partial charge < -0.3 is 20.6 Å². The van der Waals surface area contributed by atoms with Crippen molar-refractivity contribution in [3.05, 3.63) is 95.5 Å². The molecule has 0 saturated heterocycles. The molecule has 4 N–H and O–H groups in total. The highest BCUT2D eigenvalue weighted by Crippen LogP contribution is 2.33. The zero-order valence-corrected chi connectivity index (χ0v) is 16.1. The van der Waals surface area contributed by atoms with Crippen LogP contribution in [0, 0.1) is 17.6 Å². The van der Waals surface area contributed by atoms with Crippen LogP contribution >= 0.6 is 0 Å². The molecule has 30 heavy (non-hydrogen) atoms. The summed E-state index contributed by atoms with van der Waals surface area (Å²) in [6, 6.07) is 7.81. The average Bonchev–Trinajstić information content (AvgIpc) is 2.84. The van der Waals surface area contributed by atoms with Crippen molar-refractivity contribution in [3.8, 4) is 5.75 Å². The van der Waals surface area contributed by atoms with E-state index in [0.29, 0.717) is 11.1 Å². The Hall–Kier alpha value is -2.96. The number of rotatable bonds is 9. The van der Waals surface area contributed by atoms with Crippen LogP contribution in [0.4, 0.5) is 14.5 Å². The van der Waals surface area contributed by atoms with Gasteiger partial charge in [-0.2, -0.15) is 0 Å². The fourth-order valence-corrected chi connectivity index (χ4v) is 3.27. The first kappa shape index (κ1) is 16.8. The van der Waals surface area contributed by atoms with Crippen molar-refractivity contribution in [2.75, 3.05) is 11.9 Å². The third kappa shape index (κ3) is 5.78. The van der Waals surface area contributed by atoms with Crippen molar-refractivity contribution >= 4 is 5.69 Å². The largest absolute Gasteiger partial charge is 0.508 e. The van der Waals surface area contributed by atoms with E-state index in [1.165, 1.54) is 36.4 Å². The molecule has 0 heterocycles. The SMILES string of the molecule is [2H]c1c([2H])c(N[C@H](c2ccc(O)cc2)[C@H](CO)CC[C@H](O)c2ccc(F)cc2)c([2H])c([2H])c1F. The summed E-state index contributed by atoms with van der Waals surface area (Å²) in [5, 5.41) is 33.3. The van der Waals surface area contributed by atoms with Gasteiger partial charge in [0.2, 0.25) is 0 Å². The molecule has 0 aliphatic heterocycles. The molecule has 0 amide bonds. The first-order valence-corrected chi connectivity index (χ1v) is 9.49. The molecule has 4 nitrogen and oxygen atoms in total. The van der Waals surface area contributed by atoms with Gasteiger partial charge in [-0.15, -0.1) is 0 Å². The van der Waals surface area contributed by atoms with Crippen molar-refractivity contribution < 1.29 is 29.6 Å². The van der Waals surface area contributed by atoms with Crippen LogP contribution in [0.3, 0.4) is 0 Å². The van der Waals surface area contributed by atoms with Gasteiger partial charge in [0.05, 0.1) is 17.6 Å². The Balaban J connectivity index is 1.92. The number of halogens is 2. The van der Waals surface area contributed by atoms with Crippen LogP contribution < -0.4 is 5.32 Å². The van der Waals surface area contributed by atoms with Gasteiger partial charge in [0.1, 0.15) is 17.4 Å². The van der Waals surface area contributed by atoms with Crippen molar-refractivity contribution in [2.24, 2.45) is 5.92 Å². The van der Waals surface area contributed by atoms with E-state index in [0.717, 1.165) is 0 Å². The van der Waals surface area contributed by atoms with Gasteiger partial charge in [-0.05, 0) is 72.4 Å². The minimum absolute atomic E-state index is 0.000752. The normalized spacial score (nSPS) is 16.0. The molecule has 0 spiro atoms. The summed E-state index contributed by atoms with van der Waals surface area (Å²) in [6.45, 7) is -0.363. The Labute approximate surface area is 180 Å². The molecule has 3 rings (SSSR count). The molecule has 158 valence electrons. The maximum Gasteiger partial charge on any atom is 0.123 e. The van der Waals surface area contributed by atoms with Crippen LogP contribution in [0.25, 0.3) is 0 Å². The number of aliphatic hydroxyl groups excluding tert-OH is 2. The zero-order valence-electron chi connectivity index (χ0n) is 20.1. The van der Waals surface area contributed by atoms with E-state index in [9.17, 15) is 24.1 Å². The number of phenols is 1. The molecule has 0 bridgehead atoms. The van der Waals surface area contributed by atoms with E-state index >= 15 is 0 Å². The van der Waals surface area contributed by atoms with Gasteiger partial charge >= 0.3 is 0 Å². The van der Waals surface area contributed by atoms with Crippen molar-refractivity contribution in [1.29, 1.82) is 0 Å².